The first-order valence-corrected chi connectivity index (χ1v) is 7.78. The summed E-state index contributed by atoms with van der Waals surface area (Å²) in [4.78, 5) is 29.0. The monoisotopic (exact) mass is 308 g/mol. The maximum atomic E-state index is 12.4. The Morgan fingerprint density at radius 2 is 2.05 bits per heavy atom. The van der Waals surface area contributed by atoms with Crippen molar-refractivity contribution in [3.63, 3.8) is 0 Å². The lowest BCUT2D eigenvalue weighted by molar-refractivity contribution is 0.494. The zero-order valence-electron chi connectivity index (χ0n) is 12.7. The van der Waals surface area contributed by atoms with Crippen LogP contribution in [0.15, 0.2) is 15.0 Å². The Bertz CT molecular complexity index is 770. The summed E-state index contributed by atoms with van der Waals surface area (Å²) in [6.07, 6.45) is 0.802. The minimum atomic E-state index is -0.398. The van der Waals surface area contributed by atoms with Gasteiger partial charge in [0.15, 0.2) is 0 Å². The van der Waals surface area contributed by atoms with Gasteiger partial charge in [-0.2, -0.15) is 0 Å². The first-order valence-electron chi connectivity index (χ1n) is 6.90. The summed E-state index contributed by atoms with van der Waals surface area (Å²) in [5, 5.41) is 2.75. The van der Waals surface area contributed by atoms with Gasteiger partial charge in [-0.1, -0.05) is 20.8 Å². The molecule has 0 unspecified atom stereocenters. The Hall–Kier alpha value is -1.89. The van der Waals surface area contributed by atoms with Gasteiger partial charge in [-0.3, -0.25) is 13.9 Å². The largest absolute Gasteiger partial charge is 0.384 e. The molecule has 0 aliphatic heterocycles. The second-order valence-electron chi connectivity index (χ2n) is 5.39. The molecule has 2 aromatic heterocycles. The van der Waals surface area contributed by atoms with Gasteiger partial charge >= 0.3 is 5.69 Å². The van der Waals surface area contributed by atoms with E-state index in [0.29, 0.717) is 17.8 Å². The van der Waals surface area contributed by atoms with Crippen LogP contribution in [0.1, 0.15) is 25.8 Å². The van der Waals surface area contributed by atoms with E-state index in [2.05, 4.69) is 4.98 Å². The number of aromatic nitrogens is 3. The normalized spacial score (nSPS) is 11.3. The molecule has 0 aliphatic rings. The van der Waals surface area contributed by atoms with Gasteiger partial charge in [0.1, 0.15) is 11.4 Å². The molecule has 0 aromatic carbocycles. The van der Waals surface area contributed by atoms with E-state index in [4.69, 9.17) is 5.73 Å². The lowest BCUT2D eigenvalue weighted by Gasteiger charge is -2.15. The van der Waals surface area contributed by atoms with Crippen LogP contribution in [-0.2, 0) is 20.0 Å². The van der Waals surface area contributed by atoms with Gasteiger partial charge in [0.2, 0.25) is 0 Å². The molecular formula is C14H20N4O2S. The van der Waals surface area contributed by atoms with Crippen molar-refractivity contribution < 1.29 is 0 Å². The number of hydrogen-bond acceptors (Lipinski definition) is 5. The third kappa shape index (κ3) is 2.78. The molecule has 2 heterocycles. The SMILES string of the molecule is CCc1nc(-c2c(N)n(CC(C)C)c(=O)n(C)c2=O)cs1. The second kappa shape index (κ2) is 5.85. The Balaban J connectivity index is 2.74. The van der Waals surface area contributed by atoms with Crippen LogP contribution in [0, 0.1) is 5.92 Å². The summed E-state index contributed by atoms with van der Waals surface area (Å²) in [7, 11) is 1.47. The van der Waals surface area contributed by atoms with Crippen LogP contribution in [-0.4, -0.2) is 14.1 Å². The third-order valence-electron chi connectivity index (χ3n) is 3.24. The topological polar surface area (TPSA) is 82.9 Å². The molecule has 0 atom stereocenters. The van der Waals surface area contributed by atoms with E-state index >= 15 is 0 Å². The van der Waals surface area contributed by atoms with Crippen LogP contribution in [0.5, 0.6) is 0 Å². The van der Waals surface area contributed by atoms with Crippen LogP contribution in [0.2, 0.25) is 0 Å². The van der Waals surface area contributed by atoms with Crippen LogP contribution < -0.4 is 17.0 Å². The number of nitrogens with zero attached hydrogens (tertiary/aromatic N) is 3. The molecule has 0 bridgehead atoms. The molecule has 6 nitrogen and oxygen atoms in total. The summed E-state index contributed by atoms with van der Waals surface area (Å²) in [6, 6.07) is 0. The van der Waals surface area contributed by atoms with E-state index in [1.54, 1.807) is 0 Å². The van der Waals surface area contributed by atoms with E-state index in [1.807, 2.05) is 26.2 Å². The number of nitrogens with two attached hydrogens (primary N) is 1. The maximum absolute atomic E-state index is 12.4. The van der Waals surface area contributed by atoms with Crippen LogP contribution >= 0.6 is 11.3 Å². The van der Waals surface area contributed by atoms with Crippen molar-refractivity contribution in [2.75, 3.05) is 5.73 Å². The minimum absolute atomic E-state index is 0.199. The van der Waals surface area contributed by atoms with Crippen LogP contribution in [0.3, 0.4) is 0 Å². The fraction of sp³-hybridized carbons (Fsp3) is 0.500. The zero-order valence-corrected chi connectivity index (χ0v) is 13.5. The first kappa shape index (κ1) is 15.5. The molecule has 2 aromatic rings. The number of nitrogen functional groups attached to an aromatic ring is 1. The van der Waals surface area contributed by atoms with Gasteiger partial charge in [-0.25, -0.2) is 9.78 Å². The van der Waals surface area contributed by atoms with Gasteiger partial charge in [0, 0.05) is 19.0 Å². The smallest absolute Gasteiger partial charge is 0.332 e. The van der Waals surface area contributed by atoms with Crippen molar-refractivity contribution in [1.82, 2.24) is 14.1 Å². The molecule has 2 rings (SSSR count). The molecule has 114 valence electrons. The first-order chi connectivity index (χ1) is 9.86. The summed E-state index contributed by atoms with van der Waals surface area (Å²) >= 11 is 1.49. The van der Waals surface area contributed by atoms with Gasteiger partial charge in [-0.15, -0.1) is 11.3 Å². The number of anilines is 1. The summed E-state index contributed by atoms with van der Waals surface area (Å²) < 4.78 is 2.55. The van der Waals surface area contributed by atoms with Crippen molar-refractivity contribution in [2.24, 2.45) is 13.0 Å². The van der Waals surface area contributed by atoms with Gasteiger partial charge in [0.05, 0.1) is 10.7 Å². The summed E-state index contributed by atoms with van der Waals surface area (Å²) in [5.41, 5.74) is 6.18. The molecule has 0 saturated carbocycles. The lowest BCUT2D eigenvalue weighted by Crippen LogP contribution is -2.41. The molecule has 0 saturated heterocycles. The Labute approximate surface area is 126 Å². The highest BCUT2D eigenvalue weighted by Crippen LogP contribution is 2.23. The molecule has 0 amide bonds. The van der Waals surface area contributed by atoms with Crippen molar-refractivity contribution >= 4 is 17.2 Å². The molecule has 21 heavy (non-hydrogen) atoms. The Kier molecular flexibility index (Phi) is 4.32. The zero-order chi connectivity index (χ0) is 15.7. The van der Waals surface area contributed by atoms with Crippen LogP contribution in [0.4, 0.5) is 5.82 Å². The maximum Gasteiger partial charge on any atom is 0.332 e. The highest BCUT2D eigenvalue weighted by molar-refractivity contribution is 7.09. The van der Waals surface area contributed by atoms with E-state index < -0.39 is 5.56 Å². The van der Waals surface area contributed by atoms with E-state index in [0.717, 1.165) is 16.0 Å². The van der Waals surface area contributed by atoms with Gasteiger partial charge < -0.3 is 5.73 Å². The molecular weight excluding hydrogens is 288 g/mol. The average molecular weight is 308 g/mol. The number of hydrogen-bond donors (Lipinski definition) is 1. The standard InChI is InChI=1S/C14H20N4O2S/c1-5-10-16-9(7-21-10)11-12(15)18(6-8(2)3)14(20)17(4)13(11)19/h7-8H,5-6,15H2,1-4H3. The predicted molar refractivity (Wildman–Crippen MR) is 85.7 cm³/mol. The fourth-order valence-corrected chi connectivity index (χ4v) is 2.89. The highest BCUT2D eigenvalue weighted by atomic mass is 32.1. The number of thiazole rings is 1. The van der Waals surface area contributed by atoms with Crippen molar-refractivity contribution in [3.8, 4) is 11.3 Å². The molecule has 7 heteroatoms. The fourth-order valence-electron chi connectivity index (χ4n) is 2.15. The summed E-state index contributed by atoms with van der Waals surface area (Å²) in [5.74, 6) is 0.446. The molecule has 0 fully saturated rings. The highest BCUT2D eigenvalue weighted by Gasteiger charge is 2.19. The quantitative estimate of drug-likeness (QED) is 0.927. The second-order valence-corrected chi connectivity index (χ2v) is 6.33. The minimum Gasteiger partial charge on any atom is -0.384 e. The van der Waals surface area contributed by atoms with Crippen molar-refractivity contribution in [2.45, 2.75) is 33.7 Å². The van der Waals surface area contributed by atoms with Crippen molar-refractivity contribution in [1.29, 1.82) is 0 Å². The van der Waals surface area contributed by atoms with Crippen molar-refractivity contribution in [3.05, 3.63) is 31.2 Å². The lowest BCUT2D eigenvalue weighted by atomic mass is 10.2. The van der Waals surface area contributed by atoms with E-state index in [1.165, 1.54) is 23.0 Å². The molecule has 2 N–H and O–H groups in total. The average Bonchev–Trinajstić information content (AvgIpc) is 2.90. The van der Waals surface area contributed by atoms with Crippen LogP contribution in [0.25, 0.3) is 11.3 Å². The summed E-state index contributed by atoms with van der Waals surface area (Å²) in [6.45, 7) is 6.46. The number of aryl methyl sites for hydroxylation is 1. The van der Waals surface area contributed by atoms with E-state index in [9.17, 15) is 9.59 Å². The molecule has 0 aliphatic carbocycles. The molecule has 0 radical (unpaired) electrons. The van der Waals surface area contributed by atoms with Gasteiger partial charge in [-0.05, 0) is 12.3 Å². The molecule has 0 spiro atoms. The van der Waals surface area contributed by atoms with E-state index in [-0.39, 0.29) is 17.4 Å². The van der Waals surface area contributed by atoms with Gasteiger partial charge in [0.25, 0.3) is 5.56 Å². The Morgan fingerprint density at radius 1 is 1.38 bits per heavy atom. The number of rotatable bonds is 4. The third-order valence-corrected chi connectivity index (χ3v) is 4.23. The predicted octanol–water partition coefficient (Wildman–Crippen LogP) is 1.47. The Morgan fingerprint density at radius 3 is 2.57 bits per heavy atom.